The van der Waals surface area contributed by atoms with Crippen LogP contribution in [0.1, 0.15) is 38.7 Å². The maximum absolute atomic E-state index is 13.2. The summed E-state index contributed by atoms with van der Waals surface area (Å²) in [4.78, 5) is 26.0. The predicted octanol–water partition coefficient (Wildman–Crippen LogP) is 3.34. The summed E-state index contributed by atoms with van der Waals surface area (Å²) in [5.41, 5.74) is 0.224. The van der Waals surface area contributed by atoms with Crippen molar-refractivity contribution in [2.75, 3.05) is 20.2 Å². The molecule has 0 radical (unpaired) electrons. The highest BCUT2D eigenvalue weighted by Gasteiger charge is 2.38. The minimum absolute atomic E-state index is 0.251. The van der Waals surface area contributed by atoms with Gasteiger partial charge in [0.15, 0.2) is 0 Å². The topological polar surface area (TPSA) is 55.8 Å². The zero-order valence-electron chi connectivity index (χ0n) is 14.5. The zero-order chi connectivity index (χ0) is 17.9. The molecular weight excluding hydrogens is 313 g/mol. The fourth-order valence-electron chi connectivity index (χ4n) is 2.93. The van der Waals surface area contributed by atoms with Gasteiger partial charge >= 0.3 is 12.1 Å². The lowest BCUT2D eigenvalue weighted by molar-refractivity contribution is -0.147. The Labute approximate surface area is 141 Å². The third-order valence-electron chi connectivity index (χ3n) is 4.07. The molecule has 1 saturated heterocycles. The molecule has 2 atom stereocenters. The first kappa shape index (κ1) is 18.2. The van der Waals surface area contributed by atoms with E-state index >= 15 is 0 Å². The summed E-state index contributed by atoms with van der Waals surface area (Å²) in [5.74, 6) is -1.26. The number of benzene rings is 1. The van der Waals surface area contributed by atoms with Gasteiger partial charge in [-0.05, 0) is 44.9 Å². The van der Waals surface area contributed by atoms with Gasteiger partial charge in [0.25, 0.3) is 0 Å². The number of methoxy groups -OCH3 is 1. The average Bonchev–Trinajstić information content (AvgIpc) is 2.52. The van der Waals surface area contributed by atoms with E-state index in [0.717, 1.165) is 5.56 Å². The maximum Gasteiger partial charge on any atom is 0.410 e. The molecule has 1 aliphatic heterocycles. The van der Waals surface area contributed by atoms with Gasteiger partial charge in [-0.25, -0.2) is 9.18 Å². The lowest BCUT2D eigenvalue weighted by atomic mass is 9.81. The molecule has 0 unspecified atom stereocenters. The van der Waals surface area contributed by atoms with Crippen molar-refractivity contribution in [1.29, 1.82) is 0 Å². The second-order valence-electron chi connectivity index (χ2n) is 7.00. The van der Waals surface area contributed by atoms with Crippen LogP contribution in [0.3, 0.4) is 0 Å². The van der Waals surface area contributed by atoms with Crippen LogP contribution in [0.25, 0.3) is 0 Å². The zero-order valence-corrected chi connectivity index (χ0v) is 14.5. The Kier molecular flexibility index (Phi) is 5.47. The molecule has 132 valence electrons. The quantitative estimate of drug-likeness (QED) is 0.777. The summed E-state index contributed by atoms with van der Waals surface area (Å²) < 4.78 is 23.5. The van der Waals surface area contributed by atoms with E-state index in [2.05, 4.69) is 0 Å². The number of halogens is 1. The van der Waals surface area contributed by atoms with Crippen molar-refractivity contribution in [3.63, 3.8) is 0 Å². The predicted molar refractivity (Wildman–Crippen MR) is 87.1 cm³/mol. The Morgan fingerprint density at radius 1 is 1.21 bits per heavy atom. The number of nitrogens with zero attached hydrogens (tertiary/aromatic N) is 1. The van der Waals surface area contributed by atoms with Crippen molar-refractivity contribution in [2.24, 2.45) is 5.92 Å². The Balaban J connectivity index is 2.21. The van der Waals surface area contributed by atoms with Crippen LogP contribution in [0, 0.1) is 11.7 Å². The van der Waals surface area contributed by atoms with Crippen molar-refractivity contribution < 1.29 is 23.5 Å². The molecule has 6 heteroatoms. The number of carbonyl (C=O) groups excluding carboxylic acids is 2. The first-order valence-electron chi connectivity index (χ1n) is 8.02. The number of carbonyl (C=O) groups is 2. The molecule has 0 bridgehead atoms. The smallest absolute Gasteiger partial charge is 0.410 e. The molecule has 1 aromatic carbocycles. The van der Waals surface area contributed by atoms with Crippen LogP contribution >= 0.6 is 0 Å². The van der Waals surface area contributed by atoms with Crippen molar-refractivity contribution in [3.8, 4) is 0 Å². The summed E-state index contributed by atoms with van der Waals surface area (Å²) in [6.45, 7) is 6.18. The number of hydrogen-bond donors (Lipinski definition) is 0. The molecule has 0 spiro atoms. The summed E-state index contributed by atoms with van der Waals surface area (Å²) in [7, 11) is 1.35. The van der Waals surface area contributed by atoms with Crippen LogP contribution < -0.4 is 0 Å². The van der Waals surface area contributed by atoms with Crippen LogP contribution in [0.2, 0.25) is 0 Å². The molecule has 5 nitrogen and oxygen atoms in total. The molecule has 1 fully saturated rings. The molecule has 0 aromatic heterocycles. The fourth-order valence-corrected chi connectivity index (χ4v) is 2.93. The molecule has 0 aliphatic carbocycles. The van der Waals surface area contributed by atoms with E-state index in [1.165, 1.54) is 19.2 Å². The molecule has 0 N–H and O–H groups in total. The SMILES string of the molecule is COC(=O)[C@@H]1CCN(C(=O)OC(C)(C)C)C[C@@H]1c1ccc(F)cc1. The molecule has 1 aliphatic rings. The van der Waals surface area contributed by atoms with Crippen molar-refractivity contribution in [2.45, 2.75) is 38.7 Å². The Morgan fingerprint density at radius 3 is 2.38 bits per heavy atom. The van der Waals surface area contributed by atoms with E-state index in [1.54, 1.807) is 17.0 Å². The first-order chi connectivity index (χ1) is 11.2. The monoisotopic (exact) mass is 337 g/mol. The van der Waals surface area contributed by atoms with Gasteiger partial charge in [0.05, 0.1) is 13.0 Å². The molecular formula is C18H24FNO4. The number of piperidine rings is 1. The number of ether oxygens (including phenoxy) is 2. The molecule has 2 rings (SSSR count). The molecule has 1 amide bonds. The van der Waals surface area contributed by atoms with E-state index in [-0.39, 0.29) is 23.6 Å². The third kappa shape index (κ3) is 4.46. The Morgan fingerprint density at radius 2 is 1.83 bits per heavy atom. The van der Waals surface area contributed by atoms with Gasteiger partial charge in [0, 0.05) is 19.0 Å². The Bertz CT molecular complexity index is 594. The lowest BCUT2D eigenvalue weighted by Gasteiger charge is -2.38. The Hall–Kier alpha value is -2.11. The highest BCUT2D eigenvalue weighted by atomic mass is 19.1. The standard InChI is InChI=1S/C18H24FNO4/c1-18(2,3)24-17(22)20-10-9-14(16(21)23-4)15(11-20)12-5-7-13(19)8-6-12/h5-8,14-15H,9-11H2,1-4H3/t14-,15-/m1/s1. The molecule has 1 heterocycles. The summed E-state index contributed by atoms with van der Waals surface area (Å²) in [5, 5.41) is 0. The van der Waals surface area contributed by atoms with Crippen LogP contribution in [0.4, 0.5) is 9.18 Å². The van der Waals surface area contributed by atoms with E-state index in [1.807, 2.05) is 20.8 Å². The van der Waals surface area contributed by atoms with Gasteiger partial charge in [0.2, 0.25) is 0 Å². The second kappa shape index (κ2) is 7.20. The van der Waals surface area contributed by atoms with E-state index < -0.39 is 11.7 Å². The highest BCUT2D eigenvalue weighted by molar-refractivity contribution is 5.75. The van der Waals surface area contributed by atoms with Crippen LogP contribution in [-0.4, -0.2) is 42.8 Å². The van der Waals surface area contributed by atoms with Gasteiger partial charge in [-0.2, -0.15) is 0 Å². The lowest BCUT2D eigenvalue weighted by Crippen LogP contribution is -2.46. The van der Waals surface area contributed by atoms with Crippen LogP contribution in [0.5, 0.6) is 0 Å². The largest absolute Gasteiger partial charge is 0.469 e. The van der Waals surface area contributed by atoms with Crippen molar-refractivity contribution in [3.05, 3.63) is 35.6 Å². The number of esters is 1. The van der Waals surface area contributed by atoms with E-state index in [4.69, 9.17) is 9.47 Å². The van der Waals surface area contributed by atoms with E-state index in [9.17, 15) is 14.0 Å². The number of amides is 1. The molecule has 0 saturated carbocycles. The summed E-state index contributed by atoms with van der Waals surface area (Å²) in [6, 6.07) is 6.01. The average molecular weight is 337 g/mol. The minimum atomic E-state index is -0.582. The summed E-state index contributed by atoms with van der Waals surface area (Å²) in [6.07, 6.45) is 0.0754. The minimum Gasteiger partial charge on any atom is -0.469 e. The number of hydrogen-bond acceptors (Lipinski definition) is 4. The number of likely N-dealkylation sites (tertiary alicyclic amines) is 1. The van der Waals surface area contributed by atoms with E-state index in [0.29, 0.717) is 19.5 Å². The van der Waals surface area contributed by atoms with Crippen LogP contribution in [0.15, 0.2) is 24.3 Å². The number of rotatable bonds is 2. The second-order valence-corrected chi connectivity index (χ2v) is 7.00. The van der Waals surface area contributed by atoms with Crippen molar-refractivity contribution in [1.82, 2.24) is 4.90 Å². The third-order valence-corrected chi connectivity index (χ3v) is 4.07. The van der Waals surface area contributed by atoms with Gasteiger partial charge < -0.3 is 14.4 Å². The van der Waals surface area contributed by atoms with Gasteiger partial charge in [0.1, 0.15) is 11.4 Å². The summed E-state index contributed by atoms with van der Waals surface area (Å²) >= 11 is 0. The normalized spacial score (nSPS) is 21.3. The molecule has 1 aromatic rings. The maximum atomic E-state index is 13.2. The fraction of sp³-hybridized carbons (Fsp3) is 0.556. The molecule has 24 heavy (non-hydrogen) atoms. The van der Waals surface area contributed by atoms with Crippen molar-refractivity contribution >= 4 is 12.1 Å². The van der Waals surface area contributed by atoms with Crippen LogP contribution in [-0.2, 0) is 14.3 Å². The highest BCUT2D eigenvalue weighted by Crippen LogP contribution is 2.34. The van der Waals surface area contributed by atoms with Gasteiger partial charge in [-0.3, -0.25) is 4.79 Å². The first-order valence-corrected chi connectivity index (χ1v) is 8.02. The van der Waals surface area contributed by atoms with Gasteiger partial charge in [-0.15, -0.1) is 0 Å². The van der Waals surface area contributed by atoms with Gasteiger partial charge in [-0.1, -0.05) is 12.1 Å².